The van der Waals surface area contributed by atoms with Crippen LogP contribution < -0.4 is 15.0 Å². The third kappa shape index (κ3) is 5.73. The van der Waals surface area contributed by atoms with Crippen LogP contribution >= 0.6 is 43.5 Å². The molecule has 31 heavy (non-hydrogen) atoms. The highest BCUT2D eigenvalue weighted by atomic mass is 79.9. The third-order valence-electron chi connectivity index (χ3n) is 5.10. The normalized spacial score (nSPS) is 13.8. The summed E-state index contributed by atoms with van der Waals surface area (Å²) in [6.45, 7) is 4.84. The lowest BCUT2D eigenvalue weighted by Gasteiger charge is -2.36. The van der Waals surface area contributed by atoms with E-state index < -0.39 is 0 Å². The molecule has 166 valence electrons. The molecule has 1 fully saturated rings. The van der Waals surface area contributed by atoms with Crippen molar-refractivity contribution in [2.45, 2.75) is 19.8 Å². The predicted molar refractivity (Wildman–Crippen MR) is 132 cm³/mol. The largest absolute Gasteiger partial charge is 0.495 e. The molecule has 0 unspecified atom stereocenters. The number of hydrogen-bond donors (Lipinski definition) is 1. The molecule has 9 heteroatoms. The summed E-state index contributed by atoms with van der Waals surface area (Å²) in [5, 5.41) is 3.43. The van der Waals surface area contributed by atoms with Crippen molar-refractivity contribution in [2.75, 3.05) is 43.5 Å². The monoisotopic (exact) mass is 571 g/mol. The second kappa shape index (κ2) is 10.7. The van der Waals surface area contributed by atoms with Gasteiger partial charge in [0.15, 0.2) is 0 Å². The first-order valence-corrected chi connectivity index (χ1v) is 12.0. The number of benzene rings is 2. The summed E-state index contributed by atoms with van der Waals surface area (Å²) in [5.74, 6) is 0.366. The molecule has 1 saturated heterocycles. The van der Waals surface area contributed by atoms with Gasteiger partial charge in [-0.3, -0.25) is 9.59 Å². The lowest BCUT2D eigenvalue weighted by atomic mass is 10.1. The number of carbonyl (C=O) groups excluding carboxylic acids is 2. The van der Waals surface area contributed by atoms with E-state index in [9.17, 15) is 9.59 Å². The van der Waals surface area contributed by atoms with Crippen LogP contribution in [0.2, 0.25) is 5.02 Å². The number of nitrogens with one attached hydrogen (secondary N) is 1. The first kappa shape index (κ1) is 23.9. The van der Waals surface area contributed by atoms with Gasteiger partial charge in [-0.25, -0.2) is 0 Å². The molecule has 1 heterocycles. The molecule has 0 bridgehead atoms. The molecule has 1 aliphatic rings. The van der Waals surface area contributed by atoms with Gasteiger partial charge in [-0.2, -0.15) is 0 Å². The number of anilines is 2. The molecule has 0 spiro atoms. The molecular formula is C22H24Br2ClN3O3. The Bertz CT molecular complexity index is 979. The molecule has 0 radical (unpaired) electrons. The van der Waals surface area contributed by atoms with Crippen molar-refractivity contribution >= 4 is 66.6 Å². The van der Waals surface area contributed by atoms with Gasteiger partial charge >= 0.3 is 0 Å². The Morgan fingerprint density at radius 2 is 1.84 bits per heavy atom. The Labute approximate surface area is 204 Å². The van der Waals surface area contributed by atoms with Gasteiger partial charge in [-0.05, 0) is 52.7 Å². The van der Waals surface area contributed by atoms with Crippen molar-refractivity contribution in [3.63, 3.8) is 0 Å². The molecule has 6 nitrogen and oxygen atoms in total. The van der Waals surface area contributed by atoms with E-state index >= 15 is 0 Å². The number of amides is 2. The Morgan fingerprint density at radius 3 is 2.45 bits per heavy atom. The molecule has 1 N–H and O–H groups in total. The number of hydrogen-bond acceptors (Lipinski definition) is 4. The Hall–Kier alpha value is -1.77. The number of carbonyl (C=O) groups is 2. The molecule has 2 aromatic carbocycles. The summed E-state index contributed by atoms with van der Waals surface area (Å²) in [6, 6.07) is 8.98. The summed E-state index contributed by atoms with van der Waals surface area (Å²) in [7, 11) is 1.52. The fourth-order valence-corrected chi connectivity index (χ4v) is 5.23. The van der Waals surface area contributed by atoms with Gasteiger partial charge in [-0.15, -0.1) is 0 Å². The maximum absolute atomic E-state index is 12.8. The van der Waals surface area contributed by atoms with Crippen LogP contribution in [0.1, 0.15) is 30.1 Å². The van der Waals surface area contributed by atoms with Gasteiger partial charge in [0.25, 0.3) is 5.91 Å². The molecule has 0 aliphatic carbocycles. The van der Waals surface area contributed by atoms with E-state index in [1.807, 2.05) is 30.0 Å². The summed E-state index contributed by atoms with van der Waals surface area (Å²) in [5.41, 5.74) is 1.88. The fraction of sp³-hybridized carbons (Fsp3) is 0.364. The zero-order valence-corrected chi connectivity index (χ0v) is 21.3. The number of ether oxygens (including phenoxy) is 1. The van der Waals surface area contributed by atoms with Crippen molar-refractivity contribution < 1.29 is 14.3 Å². The summed E-state index contributed by atoms with van der Waals surface area (Å²) in [4.78, 5) is 29.0. The summed E-state index contributed by atoms with van der Waals surface area (Å²) < 4.78 is 6.80. The SMILES string of the molecule is CCCC(=O)N1CCN(c2ccc(NC(=O)c3cc(Br)cc(Br)c3OC)cc2Cl)CC1. The maximum atomic E-state index is 12.8. The first-order valence-electron chi connectivity index (χ1n) is 10.0. The van der Waals surface area contributed by atoms with Crippen molar-refractivity contribution in [3.05, 3.63) is 49.9 Å². The molecular weight excluding hydrogens is 550 g/mol. The van der Waals surface area contributed by atoms with Gasteiger partial charge in [0.2, 0.25) is 5.91 Å². The Balaban J connectivity index is 1.69. The van der Waals surface area contributed by atoms with Crippen LogP contribution in [0, 0.1) is 0 Å². The fourth-order valence-electron chi connectivity index (χ4n) is 3.54. The zero-order chi connectivity index (χ0) is 22.5. The van der Waals surface area contributed by atoms with Gasteiger partial charge in [0.05, 0.1) is 27.9 Å². The van der Waals surface area contributed by atoms with Crippen LogP contribution in [0.3, 0.4) is 0 Å². The number of rotatable bonds is 6. The van der Waals surface area contributed by atoms with E-state index in [0.29, 0.717) is 46.0 Å². The number of nitrogens with zero attached hydrogens (tertiary/aromatic N) is 2. The van der Waals surface area contributed by atoms with E-state index in [0.717, 1.165) is 29.7 Å². The highest BCUT2D eigenvalue weighted by Gasteiger charge is 2.22. The lowest BCUT2D eigenvalue weighted by molar-refractivity contribution is -0.131. The first-order chi connectivity index (χ1) is 14.8. The van der Waals surface area contributed by atoms with E-state index in [4.69, 9.17) is 16.3 Å². The summed E-state index contributed by atoms with van der Waals surface area (Å²) in [6.07, 6.45) is 1.45. The van der Waals surface area contributed by atoms with Crippen molar-refractivity contribution in [1.82, 2.24) is 4.90 Å². The lowest BCUT2D eigenvalue weighted by Crippen LogP contribution is -2.48. The molecule has 0 saturated carbocycles. The van der Waals surface area contributed by atoms with Crippen LogP contribution in [0.5, 0.6) is 5.75 Å². The third-order valence-corrected chi connectivity index (χ3v) is 6.45. The van der Waals surface area contributed by atoms with Crippen molar-refractivity contribution in [2.24, 2.45) is 0 Å². The highest BCUT2D eigenvalue weighted by molar-refractivity contribution is 9.11. The van der Waals surface area contributed by atoms with E-state index in [2.05, 4.69) is 42.1 Å². The standard InChI is InChI=1S/C22H24Br2ClN3O3/c1-3-4-20(29)28-9-7-27(8-10-28)19-6-5-15(13-18(19)25)26-22(30)16-11-14(23)12-17(24)21(16)31-2/h5-6,11-13H,3-4,7-10H2,1-2H3,(H,26,30). The maximum Gasteiger partial charge on any atom is 0.259 e. The highest BCUT2D eigenvalue weighted by Crippen LogP contribution is 2.34. The smallest absolute Gasteiger partial charge is 0.259 e. The molecule has 2 amide bonds. The van der Waals surface area contributed by atoms with E-state index in [1.165, 1.54) is 7.11 Å². The topological polar surface area (TPSA) is 61.9 Å². The average molecular weight is 574 g/mol. The molecule has 0 atom stereocenters. The van der Waals surface area contributed by atoms with Crippen LogP contribution in [-0.4, -0.2) is 50.0 Å². The Kier molecular flexibility index (Phi) is 8.24. The quantitative estimate of drug-likeness (QED) is 0.491. The van der Waals surface area contributed by atoms with Crippen molar-refractivity contribution in [3.8, 4) is 5.75 Å². The average Bonchev–Trinajstić information content (AvgIpc) is 2.73. The summed E-state index contributed by atoms with van der Waals surface area (Å²) >= 11 is 13.3. The van der Waals surface area contributed by atoms with Gasteiger partial charge in [0.1, 0.15) is 5.75 Å². The van der Waals surface area contributed by atoms with Crippen molar-refractivity contribution in [1.29, 1.82) is 0 Å². The second-order valence-corrected chi connectivity index (χ2v) is 9.38. The second-order valence-electron chi connectivity index (χ2n) is 7.21. The van der Waals surface area contributed by atoms with Gasteiger partial charge in [-0.1, -0.05) is 34.5 Å². The minimum atomic E-state index is -0.300. The minimum absolute atomic E-state index is 0.209. The number of methoxy groups -OCH3 is 1. The minimum Gasteiger partial charge on any atom is -0.495 e. The molecule has 0 aromatic heterocycles. The number of halogens is 3. The Morgan fingerprint density at radius 1 is 1.13 bits per heavy atom. The zero-order valence-electron chi connectivity index (χ0n) is 17.4. The van der Waals surface area contributed by atoms with E-state index in [1.54, 1.807) is 12.1 Å². The number of piperazine rings is 1. The van der Waals surface area contributed by atoms with Crippen LogP contribution in [-0.2, 0) is 4.79 Å². The molecule has 2 aromatic rings. The van der Waals surface area contributed by atoms with Crippen LogP contribution in [0.4, 0.5) is 11.4 Å². The van der Waals surface area contributed by atoms with Crippen LogP contribution in [0.15, 0.2) is 39.3 Å². The van der Waals surface area contributed by atoms with E-state index in [-0.39, 0.29) is 11.8 Å². The van der Waals surface area contributed by atoms with Gasteiger partial charge < -0.3 is 19.9 Å². The van der Waals surface area contributed by atoms with Crippen LogP contribution in [0.25, 0.3) is 0 Å². The van der Waals surface area contributed by atoms with Gasteiger partial charge in [0, 0.05) is 42.8 Å². The molecule has 1 aliphatic heterocycles. The predicted octanol–water partition coefficient (Wildman–Crippen LogP) is 5.57. The molecule has 3 rings (SSSR count).